The topological polar surface area (TPSA) is 58.1 Å². The van der Waals surface area contributed by atoms with Gasteiger partial charge < -0.3 is 9.84 Å². The molecule has 2 heterocycles. The second-order valence-electron chi connectivity index (χ2n) is 6.74. The number of ether oxygens (including phenoxy) is 1. The van der Waals surface area contributed by atoms with Crippen molar-refractivity contribution in [3.63, 3.8) is 0 Å². The highest BCUT2D eigenvalue weighted by Gasteiger charge is 2.39. The molecule has 0 saturated carbocycles. The molecule has 1 aliphatic heterocycles. The molecule has 4 heteroatoms. The SMILES string of the molecule is Cc1ccc2cn[nH]c2c1C(O)C(C)(C)C1CCOCC1. The Morgan fingerprint density at radius 2 is 2.05 bits per heavy atom. The monoisotopic (exact) mass is 288 g/mol. The van der Waals surface area contributed by atoms with Gasteiger partial charge in [0, 0.05) is 24.2 Å². The molecule has 2 aromatic rings. The maximum absolute atomic E-state index is 11.1. The van der Waals surface area contributed by atoms with Gasteiger partial charge in [-0.2, -0.15) is 5.10 Å². The lowest BCUT2D eigenvalue weighted by Gasteiger charge is -2.41. The summed E-state index contributed by atoms with van der Waals surface area (Å²) in [4.78, 5) is 0. The molecule has 0 spiro atoms. The third-order valence-corrected chi connectivity index (χ3v) is 5.13. The number of nitrogens with zero attached hydrogens (tertiary/aromatic N) is 1. The normalized spacial score (nSPS) is 19.0. The average molecular weight is 288 g/mol. The number of hydrogen-bond acceptors (Lipinski definition) is 3. The number of rotatable bonds is 3. The highest BCUT2D eigenvalue weighted by atomic mass is 16.5. The molecule has 114 valence electrons. The summed E-state index contributed by atoms with van der Waals surface area (Å²) in [7, 11) is 0. The van der Waals surface area contributed by atoms with E-state index in [0.29, 0.717) is 5.92 Å². The summed E-state index contributed by atoms with van der Waals surface area (Å²) >= 11 is 0. The lowest BCUT2D eigenvalue weighted by molar-refractivity contribution is -0.0434. The van der Waals surface area contributed by atoms with Crippen molar-refractivity contribution in [3.8, 4) is 0 Å². The average Bonchev–Trinajstić information content (AvgIpc) is 2.96. The summed E-state index contributed by atoms with van der Waals surface area (Å²) in [6, 6.07) is 4.11. The van der Waals surface area contributed by atoms with Crippen molar-refractivity contribution in [2.75, 3.05) is 13.2 Å². The van der Waals surface area contributed by atoms with E-state index < -0.39 is 6.10 Å². The largest absolute Gasteiger partial charge is 0.388 e. The Hall–Kier alpha value is -1.39. The zero-order valence-corrected chi connectivity index (χ0v) is 13.0. The minimum Gasteiger partial charge on any atom is -0.388 e. The van der Waals surface area contributed by atoms with Gasteiger partial charge in [0.1, 0.15) is 0 Å². The van der Waals surface area contributed by atoms with Crippen LogP contribution in [0.2, 0.25) is 0 Å². The third kappa shape index (κ3) is 2.47. The minimum atomic E-state index is -0.509. The van der Waals surface area contributed by atoms with Gasteiger partial charge in [0.15, 0.2) is 0 Å². The summed E-state index contributed by atoms with van der Waals surface area (Å²) < 4.78 is 5.46. The molecular formula is C17H24N2O2. The molecule has 2 N–H and O–H groups in total. The molecule has 3 rings (SSSR count). The molecular weight excluding hydrogens is 264 g/mol. The van der Waals surface area contributed by atoms with Gasteiger partial charge in [-0.05, 0) is 36.7 Å². The molecule has 1 fully saturated rings. The van der Waals surface area contributed by atoms with Crippen molar-refractivity contribution in [1.29, 1.82) is 0 Å². The quantitative estimate of drug-likeness (QED) is 0.910. The van der Waals surface area contributed by atoms with E-state index in [0.717, 1.165) is 48.1 Å². The van der Waals surface area contributed by atoms with Gasteiger partial charge in [0.25, 0.3) is 0 Å². The number of hydrogen-bond donors (Lipinski definition) is 2. The van der Waals surface area contributed by atoms with Crippen LogP contribution < -0.4 is 0 Å². The first-order valence-electron chi connectivity index (χ1n) is 7.70. The van der Waals surface area contributed by atoms with Gasteiger partial charge in [0.2, 0.25) is 0 Å². The van der Waals surface area contributed by atoms with E-state index in [4.69, 9.17) is 4.74 Å². The standard InChI is InChI=1S/C17H24N2O2/c1-11-4-5-12-10-18-19-15(12)14(11)16(20)17(2,3)13-6-8-21-9-7-13/h4-5,10,13,16,20H,6-9H2,1-3H3,(H,18,19). The molecule has 1 aromatic carbocycles. The summed E-state index contributed by atoms with van der Waals surface area (Å²) in [5.74, 6) is 0.471. The molecule has 0 aliphatic carbocycles. The Morgan fingerprint density at radius 3 is 2.76 bits per heavy atom. The van der Waals surface area contributed by atoms with Crippen molar-refractivity contribution < 1.29 is 9.84 Å². The number of aryl methyl sites for hydroxylation is 1. The summed E-state index contributed by atoms with van der Waals surface area (Å²) in [5.41, 5.74) is 2.87. The van der Waals surface area contributed by atoms with Gasteiger partial charge >= 0.3 is 0 Å². The van der Waals surface area contributed by atoms with Crippen LogP contribution in [0.4, 0.5) is 0 Å². The van der Waals surface area contributed by atoms with Crippen molar-refractivity contribution in [1.82, 2.24) is 10.2 Å². The van der Waals surface area contributed by atoms with E-state index in [1.165, 1.54) is 0 Å². The first kappa shape index (κ1) is 14.5. The van der Waals surface area contributed by atoms with Crippen molar-refractivity contribution in [2.45, 2.75) is 39.7 Å². The Morgan fingerprint density at radius 1 is 1.33 bits per heavy atom. The zero-order chi connectivity index (χ0) is 15.0. The van der Waals surface area contributed by atoms with Crippen LogP contribution in [0.15, 0.2) is 18.3 Å². The third-order valence-electron chi connectivity index (χ3n) is 5.13. The number of aromatic amines is 1. The number of benzene rings is 1. The summed E-state index contributed by atoms with van der Waals surface area (Å²) in [5, 5.41) is 19.3. The number of fused-ring (bicyclic) bond motifs is 1. The smallest absolute Gasteiger partial charge is 0.0867 e. The predicted molar refractivity (Wildman–Crippen MR) is 83.1 cm³/mol. The van der Waals surface area contributed by atoms with Gasteiger partial charge in [-0.15, -0.1) is 0 Å². The maximum Gasteiger partial charge on any atom is 0.0867 e. The second kappa shape index (κ2) is 5.43. The van der Waals surface area contributed by atoms with Crippen molar-refractivity contribution in [3.05, 3.63) is 29.5 Å². The number of aliphatic hydroxyl groups excluding tert-OH is 1. The van der Waals surface area contributed by atoms with Gasteiger partial charge in [-0.25, -0.2) is 0 Å². The Kier molecular flexibility index (Phi) is 3.76. The Bertz CT molecular complexity index is 627. The van der Waals surface area contributed by atoms with Crippen LogP contribution in [0.5, 0.6) is 0 Å². The molecule has 1 atom stereocenters. The fourth-order valence-corrected chi connectivity index (χ4v) is 3.53. The summed E-state index contributed by atoms with van der Waals surface area (Å²) in [6.45, 7) is 7.99. The minimum absolute atomic E-state index is 0.187. The van der Waals surface area contributed by atoms with E-state index in [1.807, 2.05) is 12.3 Å². The van der Waals surface area contributed by atoms with Gasteiger partial charge in [-0.1, -0.05) is 26.0 Å². The predicted octanol–water partition coefficient (Wildman–Crippen LogP) is 3.36. The molecule has 0 bridgehead atoms. The van der Waals surface area contributed by atoms with Crippen LogP contribution in [-0.2, 0) is 4.74 Å². The highest BCUT2D eigenvalue weighted by Crippen LogP contribution is 2.46. The van der Waals surface area contributed by atoms with Gasteiger partial charge in [-0.3, -0.25) is 5.10 Å². The van der Waals surface area contributed by atoms with Crippen LogP contribution in [-0.4, -0.2) is 28.5 Å². The first-order valence-corrected chi connectivity index (χ1v) is 7.70. The molecule has 21 heavy (non-hydrogen) atoms. The fraction of sp³-hybridized carbons (Fsp3) is 0.588. The van der Waals surface area contributed by atoms with Crippen LogP contribution in [0.3, 0.4) is 0 Å². The van der Waals surface area contributed by atoms with E-state index >= 15 is 0 Å². The number of H-pyrrole nitrogens is 1. The Balaban J connectivity index is 2.00. The van der Waals surface area contributed by atoms with E-state index in [2.05, 4.69) is 37.0 Å². The van der Waals surface area contributed by atoms with Crippen LogP contribution in [0, 0.1) is 18.3 Å². The van der Waals surface area contributed by atoms with Crippen LogP contribution in [0.25, 0.3) is 10.9 Å². The molecule has 1 unspecified atom stereocenters. The molecule has 0 amide bonds. The maximum atomic E-state index is 11.1. The zero-order valence-electron chi connectivity index (χ0n) is 13.0. The Labute approximate surface area is 125 Å². The van der Waals surface area contributed by atoms with Gasteiger partial charge in [0.05, 0.1) is 17.8 Å². The molecule has 1 saturated heterocycles. The van der Waals surface area contributed by atoms with Crippen molar-refractivity contribution in [2.24, 2.45) is 11.3 Å². The first-order chi connectivity index (χ1) is 10.0. The van der Waals surface area contributed by atoms with Crippen LogP contribution >= 0.6 is 0 Å². The number of nitrogens with one attached hydrogen (secondary N) is 1. The second-order valence-corrected chi connectivity index (χ2v) is 6.74. The molecule has 1 aliphatic rings. The number of aliphatic hydroxyl groups is 1. The lowest BCUT2D eigenvalue weighted by atomic mass is 9.68. The molecule has 1 aromatic heterocycles. The summed E-state index contributed by atoms with van der Waals surface area (Å²) in [6.07, 6.45) is 3.33. The number of aromatic nitrogens is 2. The lowest BCUT2D eigenvalue weighted by Crippen LogP contribution is -2.35. The van der Waals surface area contributed by atoms with Crippen LogP contribution in [0.1, 0.15) is 43.9 Å². The van der Waals surface area contributed by atoms with Crippen molar-refractivity contribution >= 4 is 10.9 Å². The van der Waals surface area contributed by atoms with E-state index in [-0.39, 0.29) is 5.41 Å². The molecule has 4 nitrogen and oxygen atoms in total. The van der Waals surface area contributed by atoms with E-state index in [9.17, 15) is 5.11 Å². The fourth-order valence-electron chi connectivity index (χ4n) is 3.53. The van der Waals surface area contributed by atoms with E-state index in [1.54, 1.807) is 0 Å². The highest BCUT2D eigenvalue weighted by molar-refractivity contribution is 5.82. The molecule has 0 radical (unpaired) electrons.